The molecule has 0 aliphatic heterocycles. The van der Waals surface area contributed by atoms with E-state index < -0.39 is 0 Å². The van der Waals surface area contributed by atoms with Crippen LogP contribution in [0.2, 0.25) is 0 Å². The van der Waals surface area contributed by atoms with Crippen molar-refractivity contribution >= 4 is 17.5 Å². The molecule has 0 aliphatic carbocycles. The van der Waals surface area contributed by atoms with Gasteiger partial charge in [-0.25, -0.2) is 9.89 Å². The fourth-order valence-corrected chi connectivity index (χ4v) is 4.21. The number of ketones is 1. The molecule has 0 bridgehead atoms. The summed E-state index contributed by atoms with van der Waals surface area (Å²) in [6.45, 7) is 10.4. The van der Waals surface area contributed by atoms with Crippen LogP contribution in [0.3, 0.4) is 0 Å². The van der Waals surface area contributed by atoms with Gasteiger partial charge in [0.2, 0.25) is 0 Å². The summed E-state index contributed by atoms with van der Waals surface area (Å²) in [7, 11) is 0. The van der Waals surface area contributed by atoms with Crippen molar-refractivity contribution in [2.75, 3.05) is 0 Å². The zero-order valence-corrected chi connectivity index (χ0v) is 15.8. The number of hydrogen-bond acceptors (Lipinski definition) is 4. The van der Waals surface area contributed by atoms with Crippen LogP contribution < -0.4 is 5.69 Å². The number of carbonyl (C=O) groups excluding carboxylic acids is 1. The van der Waals surface area contributed by atoms with Gasteiger partial charge in [0, 0.05) is 17.9 Å². The van der Waals surface area contributed by atoms with Crippen molar-refractivity contribution in [3.63, 3.8) is 0 Å². The summed E-state index contributed by atoms with van der Waals surface area (Å²) in [5.41, 5.74) is 5.01. The minimum atomic E-state index is -0.160. The van der Waals surface area contributed by atoms with Crippen LogP contribution in [0.4, 0.5) is 0 Å². The van der Waals surface area contributed by atoms with Gasteiger partial charge in [0.1, 0.15) is 0 Å². The molecule has 0 spiro atoms. The third-order valence-electron chi connectivity index (χ3n) is 4.29. The number of thioether (sulfide) groups is 1. The predicted molar refractivity (Wildman–Crippen MR) is 98.0 cm³/mol. The van der Waals surface area contributed by atoms with E-state index in [1.54, 1.807) is 11.5 Å². The van der Waals surface area contributed by atoms with Crippen molar-refractivity contribution in [2.45, 2.75) is 64.9 Å². The Kier molecular flexibility index (Phi) is 6.04. The highest BCUT2D eigenvalue weighted by Gasteiger charge is 2.16. The van der Waals surface area contributed by atoms with Gasteiger partial charge in [-0.05, 0) is 56.4 Å². The van der Waals surface area contributed by atoms with Gasteiger partial charge in [-0.15, -0.1) is 5.10 Å². The van der Waals surface area contributed by atoms with E-state index in [2.05, 4.69) is 30.1 Å². The van der Waals surface area contributed by atoms with Crippen LogP contribution in [-0.2, 0) is 12.3 Å². The zero-order chi connectivity index (χ0) is 17.9. The van der Waals surface area contributed by atoms with Crippen molar-refractivity contribution < 1.29 is 4.79 Å². The molecule has 1 aromatic heterocycles. The highest BCUT2D eigenvalue weighted by molar-refractivity contribution is 7.98. The minimum absolute atomic E-state index is 0.0934. The Labute approximate surface area is 146 Å². The summed E-state index contributed by atoms with van der Waals surface area (Å²) in [6, 6.07) is 2.06. The van der Waals surface area contributed by atoms with E-state index in [4.69, 9.17) is 0 Å². The summed E-state index contributed by atoms with van der Waals surface area (Å²) >= 11 is 1.54. The number of H-pyrrole nitrogens is 1. The number of nitrogens with zero attached hydrogens (tertiary/aromatic N) is 2. The summed E-state index contributed by atoms with van der Waals surface area (Å²) in [4.78, 5) is 23.8. The van der Waals surface area contributed by atoms with E-state index in [-0.39, 0.29) is 11.5 Å². The second-order valence-electron chi connectivity index (χ2n) is 6.15. The average molecular weight is 347 g/mol. The number of aromatic amines is 1. The van der Waals surface area contributed by atoms with Gasteiger partial charge >= 0.3 is 5.69 Å². The number of Topliss-reactive ketones (excluding diaryl/α,β-unsaturated/α-hetero) is 1. The Balaban J connectivity index is 2.29. The molecule has 5 nitrogen and oxygen atoms in total. The summed E-state index contributed by atoms with van der Waals surface area (Å²) in [6.07, 6.45) is 1.98. The third-order valence-corrected chi connectivity index (χ3v) is 5.29. The van der Waals surface area contributed by atoms with Gasteiger partial charge in [0.05, 0.1) is 0 Å². The minimum Gasteiger partial charge on any atom is -0.294 e. The van der Waals surface area contributed by atoms with Crippen LogP contribution in [0.25, 0.3) is 0 Å². The van der Waals surface area contributed by atoms with E-state index in [1.165, 1.54) is 17.3 Å². The first kappa shape index (κ1) is 18.5. The Morgan fingerprint density at radius 2 is 2.00 bits per heavy atom. The van der Waals surface area contributed by atoms with Crippen molar-refractivity contribution in [1.82, 2.24) is 14.8 Å². The molecule has 0 saturated heterocycles. The lowest BCUT2D eigenvalue weighted by atomic mass is 9.92. The van der Waals surface area contributed by atoms with E-state index in [0.717, 1.165) is 35.1 Å². The van der Waals surface area contributed by atoms with Crippen LogP contribution >= 0.6 is 11.8 Å². The lowest BCUT2D eigenvalue weighted by molar-refractivity contribution is 0.101. The van der Waals surface area contributed by atoms with Gasteiger partial charge in [-0.3, -0.25) is 9.36 Å². The SMILES string of the molecule is CCCCn1c(SCc2c(C)cc(C)c(C(C)=O)c2C)n[nH]c1=O. The lowest BCUT2D eigenvalue weighted by Crippen LogP contribution is -2.17. The standard InChI is InChI=1S/C18H25N3O2S/c1-6-7-8-21-17(23)19-20-18(21)24-10-15-11(2)9-12(3)16(13(15)4)14(5)22/h9H,6-8,10H2,1-5H3,(H,19,23). The van der Waals surface area contributed by atoms with Crippen molar-refractivity contribution in [3.05, 3.63) is 44.4 Å². The van der Waals surface area contributed by atoms with Crippen LogP contribution in [0, 0.1) is 20.8 Å². The first-order chi connectivity index (χ1) is 11.4. The molecule has 2 rings (SSSR count). The number of aryl methyl sites for hydroxylation is 2. The number of nitrogens with one attached hydrogen (secondary N) is 1. The molecule has 1 heterocycles. The van der Waals surface area contributed by atoms with Crippen molar-refractivity contribution in [2.24, 2.45) is 0 Å². The second kappa shape index (κ2) is 7.83. The summed E-state index contributed by atoms with van der Waals surface area (Å²) in [5, 5.41) is 7.38. The molecule has 0 fully saturated rings. The van der Waals surface area contributed by atoms with Gasteiger partial charge in [0.15, 0.2) is 10.9 Å². The maximum atomic E-state index is 11.9. The molecule has 2 aromatic rings. The molecule has 130 valence electrons. The Morgan fingerprint density at radius 1 is 1.29 bits per heavy atom. The van der Waals surface area contributed by atoms with Gasteiger partial charge < -0.3 is 0 Å². The molecule has 1 aromatic carbocycles. The maximum Gasteiger partial charge on any atom is 0.343 e. The molecule has 0 atom stereocenters. The third kappa shape index (κ3) is 3.80. The lowest BCUT2D eigenvalue weighted by Gasteiger charge is -2.15. The monoisotopic (exact) mass is 347 g/mol. The average Bonchev–Trinajstić information content (AvgIpc) is 2.84. The molecule has 0 aliphatic rings. The number of aromatic nitrogens is 3. The Bertz CT molecular complexity index is 805. The molecular formula is C18H25N3O2S. The first-order valence-corrected chi connectivity index (χ1v) is 9.24. The highest BCUT2D eigenvalue weighted by Crippen LogP contribution is 2.28. The number of hydrogen-bond donors (Lipinski definition) is 1. The molecule has 6 heteroatoms. The van der Waals surface area contributed by atoms with E-state index in [0.29, 0.717) is 17.5 Å². The van der Waals surface area contributed by atoms with Crippen LogP contribution in [0.1, 0.15) is 59.3 Å². The predicted octanol–water partition coefficient (Wildman–Crippen LogP) is 3.79. The molecule has 0 unspecified atom stereocenters. The van der Waals surface area contributed by atoms with Crippen molar-refractivity contribution in [1.29, 1.82) is 0 Å². The van der Waals surface area contributed by atoms with Crippen LogP contribution in [0.5, 0.6) is 0 Å². The maximum absolute atomic E-state index is 11.9. The van der Waals surface area contributed by atoms with Crippen molar-refractivity contribution in [3.8, 4) is 0 Å². The topological polar surface area (TPSA) is 67.8 Å². The largest absolute Gasteiger partial charge is 0.343 e. The molecule has 1 N–H and O–H groups in total. The summed E-state index contributed by atoms with van der Waals surface area (Å²) in [5.74, 6) is 0.783. The normalized spacial score (nSPS) is 11.0. The number of unbranched alkanes of at least 4 members (excludes halogenated alkanes) is 1. The molecule has 0 radical (unpaired) electrons. The quantitative estimate of drug-likeness (QED) is 0.611. The molecule has 24 heavy (non-hydrogen) atoms. The number of benzene rings is 1. The van der Waals surface area contributed by atoms with E-state index >= 15 is 0 Å². The fourth-order valence-electron chi connectivity index (χ4n) is 3.05. The fraction of sp³-hybridized carbons (Fsp3) is 0.500. The van der Waals surface area contributed by atoms with Gasteiger partial charge in [0.25, 0.3) is 0 Å². The second-order valence-corrected chi connectivity index (χ2v) is 7.09. The molecule has 0 amide bonds. The molecule has 0 saturated carbocycles. The van der Waals surface area contributed by atoms with Gasteiger partial charge in [-0.2, -0.15) is 0 Å². The first-order valence-electron chi connectivity index (χ1n) is 8.25. The van der Waals surface area contributed by atoms with Gasteiger partial charge in [-0.1, -0.05) is 31.2 Å². The van der Waals surface area contributed by atoms with Crippen LogP contribution in [-0.4, -0.2) is 20.5 Å². The van der Waals surface area contributed by atoms with Crippen LogP contribution in [0.15, 0.2) is 16.0 Å². The van der Waals surface area contributed by atoms with E-state index in [1.807, 2.05) is 13.8 Å². The Morgan fingerprint density at radius 3 is 2.62 bits per heavy atom. The highest BCUT2D eigenvalue weighted by atomic mass is 32.2. The summed E-state index contributed by atoms with van der Waals surface area (Å²) < 4.78 is 1.69. The zero-order valence-electron chi connectivity index (χ0n) is 15.0. The number of carbonyl (C=O) groups is 1. The molecular weight excluding hydrogens is 322 g/mol. The smallest absolute Gasteiger partial charge is 0.294 e. The number of rotatable bonds is 7. The van der Waals surface area contributed by atoms with E-state index in [9.17, 15) is 9.59 Å². The Hall–Kier alpha value is -1.82.